The third kappa shape index (κ3) is 4.40. The minimum atomic E-state index is 0.729. The summed E-state index contributed by atoms with van der Waals surface area (Å²) < 4.78 is 5.33. The Balaban J connectivity index is 1.98. The van der Waals surface area contributed by atoms with Crippen LogP contribution in [0.3, 0.4) is 0 Å². The number of nitrogens with one attached hydrogen (secondary N) is 1. The fourth-order valence-corrected chi connectivity index (χ4v) is 2.03. The lowest BCUT2D eigenvalue weighted by atomic mass is 10.3. The number of rotatable bonds is 7. The summed E-state index contributed by atoms with van der Waals surface area (Å²) in [6, 6.07) is 0.729. The summed E-state index contributed by atoms with van der Waals surface area (Å²) in [4.78, 5) is 2.53. The van der Waals surface area contributed by atoms with Gasteiger partial charge in [0.25, 0.3) is 0 Å². The molecule has 1 N–H and O–H groups in total. The van der Waals surface area contributed by atoms with Crippen LogP contribution in [-0.4, -0.2) is 50.3 Å². The fourth-order valence-electron chi connectivity index (χ4n) is 2.03. The second kappa shape index (κ2) is 7.21. The molecule has 1 unspecified atom stereocenters. The highest BCUT2D eigenvalue weighted by molar-refractivity contribution is 4.80. The van der Waals surface area contributed by atoms with Gasteiger partial charge in [0.1, 0.15) is 0 Å². The number of hydrogen-bond acceptors (Lipinski definition) is 3. The van der Waals surface area contributed by atoms with Gasteiger partial charge >= 0.3 is 0 Å². The first kappa shape index (κ1) is 12.0. The molecule has 0 radical (unpaired) electrons. The van der Waals surface area contributed by atoms with Gasteiger partial charge in [0.2, 0.25) is 0 Å². The van der Waals surface area contributed by atoms with Crippen molar-refractivity contribution in [3.8, 4) is 0 Å². The Bertz CT molecular complexity index is 141. The van der Waals surface area contributed by atoms with Gasteiger partial charge in [-0.25, -0.2) is 0 Å². The first-order valence-corrected chi connectivity index (χ1v) is 5.90. The van der Waals surface area contributed by atoms with Crippen LogP contribution in [0.4, 0.5) is 0 Å². The standard InChI is InChI=1S/C11H24N2O/c1-3-12-11-6-8-13(10-11)7-5-9-14-4-2/h11-12H,3-10H2,1-2H3. The Labute approximate surface area is 87.8 Å². The van der Waals surface area contributed by atoms with Crippen molar-refractivity contribution in [3.05, 3.63) is 0 Å². The van der Waals surface area contributed by atoms with Gasteiger partial charge in [0, 0.05) is 32.3 Å². The lowest BCUT2D eigenvalue weighted by Crippen LogP contribution is -2.32. The molecule has 1 atom stereocenters. The SMILES string of the molecule is CCNC1CCN(CCCOCC)C1. The van der Waals surface area contributed by atoms with Gasteiger partial charge in [-0.3, -0.25) is 0 Å². The van der Waals surface area contributed by atoms with Gasteiger partial charge in [-0.05, 0) is 32.9 Å². The number of hydrogen-bond donors (Lipinski definition) is 1. The molecule has 3 heteroatoms. The van der Waals surface area contributed by atoms with Crippen LogP contribution in [0.2, 0.25) is 0 Å². The third-order valence-electron chi connectivity index (χ3n) is 2.73. The Morgan fingerprint density at radius 2 is 2.29 bits per heavy atom. The first-order valence-electron chi connectivity index (χ1n) is 5.90. The smallest absolute Gasteiger partial charge is 0.0478 e. The average Bonchev–Trinajstić information content (AvgIpc) is 2.61. The van der Waals surface area contributed by atoms with E-state index in [-0.39, 0.29) is 0 Å². The highest BCUT2D eigenvalue weighted by atomic mass is 16.5. The Hall–Kier alpha value is -0.120. The van der Waals surface area contributed by atoms with Crippen molar-refractivity contribution < 1.29 is 4.74 Å². The van der Waals surface area contributed by atoms with Crippen LogP contribution in [-0.2, 0) is 4.74 Å². The maximum Gasteiger partial charge on any atom is 0.0478 e. The molecule has 1 heterocycles. The average molecular weight is 200 g/mol. The lowest BCUT2D eigenvalue weighted by molar-refractivity contribution is 0.135. The second-order valence-corrected chi connectivity index (χ2v) is 3.89. The Morgan fingerprint density at radius 3 is 3.00 bits per heavy atom. The van der Waals surface area contributed by atoms with Gasteiger partial charge in [0.05, 0.1) is 0 Å². The van der Waals surface area contributed by atoms with Crippen LogP contribution < -0.4 is 5.32 Å². The molecule has 3 nitrogen and oxygen atoms in total. The van der Waals surface area contributed by atoms with Crippen molar-refractivity contribution >= 4 is 0 Å². The highest BCUT2D eigenvalue weighted by Crippen LogP contribution is 2.08. The molecule has 1 fully saturated rings. The second-order valence-electron chi connectivity index (χ2n) is 3.89. The monoisotopic (exact) mass is 200 g/mol. The number of likely N-dealkylation sites (tertiary alicyclic amines) is 1. The van der Waals surface area contributed by atoms with E-state index < -0.39 is 0 Å². The molecule has 0 amide bonds. The third-order valence-corrected chi connectivity index (χ3v) is 2.73. The van der Waals surface area contributed by atoms with Gasteiger partial charge < -0.3 is 15.0 Å². The van der Waals surface area contributed by atoms with E-state index in [1.54, 1.807) is 0 Å². The minimum absolute atomic E-state index is 0.729. The van der Waals surface area contributed by atoms with Crippen LogP contribution in [0.25, 0.3) is 0 Å². The molecule has 0 spiro atoms. The Kier molecular flexibility index (Phi) is 6.15. The maximum atomic E-state index is 5.33. The van der Waals surface area contributed by atoms with Crippen LogP contribution in [0.1, 0.15) is 26.7 Å². The molecule has 1 aliphatic rings. The molecule has 84 valence electrons. The minimum Gasteiger partial charge on any atom is -0.382 e. The van der Waals surface area contributed by atoms with E-state index in [0.29, 0.717) is 0 Å². The summed E-state index contributed by atoms with van der Waals surface area (Å²) in [7, 11) is 0. The van der Waals surface area contributed by atoms with Crippen LogP contribution in [0.15, 0.2) is 0 Å². The first-order chi connectivity index (χ1) is 6.86. The molecule has 1 rings (SSSR count). The normalized spacial score (nSPS) is 23.1. The molecular weight excluding hydrogens is 176 g/mol. The molecule has 1 aliphatic heterocycles. The number of ether oxygens (including phenoxy) is 1. The zero-order chi connectivity index (χ0) is 10.2. The summed E-state index contributed by atoms with van der Waals surface area (Å²) in [5, 5.41) is 3.50. The summed E-state index contributed by atoms with van der Waals surface area (Å²) in [5.41, 5.74) is 0. The number of likely N-dealkylation sites (N-methyl/N-ethyl adjacent to an activating group) is 1. The zero-order valence-electron chi connectivity index (χ0n) is 9.59. The predicted molar refractivity (Wildman–Crippen MR) is 59.6 cm³/mol. The van der Waals surface area contributed by atoms with Crippen molar-refractivity contribution in [2.24, 2.45) is 0 Å². The van der Waals surface area contributed by atoms with Crippen LogP contribution in [0, 0.1) is 0 Å². The van der Waals surface area contributed by atoms with Crippen molar-refractivity contribution in [3.63, 3.8) is 0 Å². The number of nitrogens with zero attached hydrogens (tertiary/aromatic N) is 1. The highest BCUT2D eigenvalue weighted by Gasteiger charge is 2.20. The molecule has 0 bridgehead atoms. The molecule has 0 aliphatic carbocycles. The van der Waals surface area contributed by atoms with E-state index in [4.69, 9.17) is 4.74 Å². The molecule has 0 aromatic carbocycles. The molecule has 14 heavy (non-hydrogen) atoms. The van der Waals surface area contributed by atoms with E-state index in [2.05, 4.69) is 24.1 Å². The van der Waals surface area contributed by atoms with Gasteiger partial charge in [-0.1, -0.05) is 6.92 Å². The predicted octanol–water partition coefficient (Wildman–Crippen LogP) is 1.10. The van der Waals surface area contributed by atoms with Gasteiger partial charge in [-0.15, -0.1) is 0 Å². The van der Waals surface area contributed by atoms with E-state index in [1.807, 2.05) is 0 Å². The van der Waals surface area contributed by atoms with Crippen LogP contribution in [0.5, 0.6) is 0 Å². The lowest BCUT2D eigenvalue weighted by Gasteiger charge is -2.15. The zero-order valence-corrected chi connectivity index (χ0v) is 9.59. The van der Waals surface area contributed by atoms with E-state index in [9.17, 15) is 0 Å². The van der Waals surface area contributed by atoms with E-state index >= 15 is 0 Å². The summed E-state index contributed by atoms with van der Waals surface area (Å²) >= 11 is 0. The molecule has 0 aromatic rings. The maximum absolute atomic E-state index is 5.33. The van der Waals surface area contributed by atoms with Crippen molar-refractivity contribution in [1.82, 2.24) is 10.2 Å². The molecule has 0 aromatic heterocycles. The van der Waals surface area contributed by atoms with Crippen molar-refractivity contribution in [2.75, 3.05) is 39.4 Å². The quantitative estimate of drug-likeness (QED) is 0.623. The van der Waals surface area contributed by atoms with Crippen molar-refractivity contribution in [1.29, 1.82) is 0 Å². The summed E-state index contributed by atoms with van der Waals surface area (Å²) in [6.07, 6.45) is 2.48. The Morgan fingerprint density at radius 1 is 1.43 bits per heavy atom. The molecular formula is C11H24N2O. The fraction of sp³-hybridized carbons (Fsp3) is 1.00. The molecule has 1 saturated heterocycles. The van der Waals surface area contributed by atoms with E-state index in [0.717, 1.165) is 25.8 Å². The van der Waals surface area contributed by atoms with Crippen LogP contribution >= 0.6 is 0 Å². The van der Waals surface area contributed by atoms with E-state index in [1.165, 1.54) is 32.5 Å². The summed E-state index contributed by atoms with van der Waals surface area (Å²) in [5.74, 6) is 0. The van der Waals surface area contributed by atoms with Gasteiger partial charge in [0.15, 0.2) is 0 Å². The van der Waals surface area contributed by atoms with Gasteiger partial charge in [-0.2, -0.15) is 0 Å². The topological polar surface area (TPSA) is 24.5 Å². The summed E-state index contributed by atoms with van der Waals surface area (Å²) in [6.45, 7) is 10.8. The van der Waals surface area contributed by atoms with Crippen molar-refractivity contribution in [2.45, 2.75) is 32.7 Å². The largest absolute Gasteiger partial charge is 0.382 e. The molecule has 0 saturated carbocycles.